The predicted molar refractivity (Wildman–Crippen MR) is 62.6 cm³/mol. The molecule has 15 heavy (non-hydrogen) atoms. The van der Waals surface area contributed by atoms with Gasteiger partial charge in [0.05, 0.1) is 6.04 Å². The van der Waals surface area contributed by atoms with Gasteiger partial charge in [-0.15, -0.1) is 6.58 Å². The summed E-state index contributed by atoms with van der Waals surface area (Å²) < 4.78 is 0. The third-order valence-electron chi connectivity index (χ3n) is 3.04. The standard InChI is InChI=1S/C12H22N2O/c1-4-7-13-12(15)11(3)14-8-5-6-10(2)9-14/h4,10-11H,1,5-9H2,2-3H3,(H,13,15)/t10-,11-/m0/s1. The van der Waals surface area contributed by atoms with Crippen LogP contribution in [0.1, 0.15) is 26.7 Å². The summed E-state index contributed by atoms with van der Waals surface area (Å²) >= 11 is 0. The van der Waals surface area contributed by atoms with Gasteiger partial charge in [0.25, 0.3) is 0 Å². The topological polar surface area (TPSA) is 32.3 Å². The molecule has 0 saturated carbocycles. The maximum atomic E-state index is 11.7. The van der Waals surface area contributed by atoms with Crippen LogP contribution in [-0.4, -0.2) is 36.5 Å². The number of carbonyl (C=O) groups excluding carboxylic acids is 1. The van der Waals surface area contributed by atoms with Crippen molar-refractivity contribution >= 4 is 5.91 Å². The summed E-state index contributed by atoms with van der Waals surface area (Å²) in [5, 5.41) is 2.85. The summed E-state index contributed by atoms with van der Waals surface area (Å²) in [7, 11) is 0. The highest BCUT2D eigenvalue weighted by Gasteiger charge is 2.24. The van der Waals surface area contributed by atoms with E-state index in [0.717, 1.165) is 13.1 Å². The molecule has 0 aromatic heterocycles. The lowest BCUT2D eigenvalue weighted by Crippen LogP contribution is -2.48. The van der Waals surface area contributed by atoms with E-state index in [2.05, 4.69) is 23.7 Å². The Morgan fingerprint density at radius 2 is 2.47 bits per heavy atom. The van der Waals surface area contributed by atoms with Gasteiger partial charge in [-0.3, -0.25) is 9.69 Å². The number of nitrogens with one attached hydrogen (secondary N) is 1. The molecule has 3 nitrogen and oxygen atoms in total. The minimum atomic E-state index is -0.00676. The summed E-state index contributed by atoms with van der Waals surface area (Å²) in [5.41, 5.74) is 0. The fourth-order valence-corrected chi connectivity index (χ4v) is 2.06. The predicted octanol–water partition coefficient (Wildman–Crippen LogP) is 1.41. The lowest BCUT2D eigenvalue weighted by atomic mass is 9.99. The summed E-state index contributed by atoms with van der Waals surface area (Å²) in [5.74, 6) is 0.831. The molecule has 0 aromatic carbocycles. The summed E-state index contributed by atoms with van der Waals surface area (Å²) in [6.45, 7) is 10.5. The van der Waals surface area contributed by atoms with Crippen molar-refractivity contribution in [1.82, 2.24) is 10.2 Å². The third kappa shape index (κ3) is 3.67. The van der Waals surface area contributed by atoms with Crippen molar-refractivity contribution in [3.05, 3.63) is 12.7 Å². The Labute approximate surface area is 92.5 Å². The number of rotatable bonds is 4. The minimum Gasteiger partial charge on any atom is -0.351 e. The van der Waals surface area contributed by atoms with Crippen molar-refractivity contribution in [3.8, 4) is 0 Å². The summed E-state index contributed by atoms with van der Waals surface area (Å²) in [4.78, 5) is 14.0. The molecule has 0 bridgehead atoms. The molecule has 0 aromatic rings. The smallest absolute Gasteiger partial charge is 0.237 e. The normalized spacial score (nSPS) is 24.5. The van der Waals surface area contributed by atoms with Crippen LogP contribution in [0.4, 0.5) is 0 Å². The van der Waals surface area contributed by atoms with Crippen LogP contribution in [0.2, 0.25) is 0 Å². The molecule has 0 spiro atoms. The van der Waals surface area contributed by atoms with Crippen LogP contribution in [0.3, 0.4) is 0 Å². The van der Waals surface area contributed by atoms with Crippen LogP contribution >= 0.6 is 0 Å². The molecule has 86 valence electrons. The van der Waals surface area contributed by atoms with E-state index in [1.165, 1.54) is 12.8 Å². The SMILES string of the molecule is C=CCNC(=O)[C@H](C)N1CCC[C@H](C)C1. The van der Waals surface area contributed by atoms with E-state index in [4.69, 9.17) is 0 Å². The Kier molecular flexibility index (Phi) is 4.82. The zero-order chi connectivity index (χ0) is 11.3. The second-order valence-electron chi connectivity index (χ2n) is 4.45. The fraction of sp³-hybridized carbons (Fsp3) is 0.750. The van der Waals surface area contributed by atoms with Gasteiger partial charge in [-0.1, -0.05) is 13.0 Å². The lowest BCUT2D eigenvalue weighted by Gasteiger charge is -2.34. The molecule has 1 aliphatic rings. The maximum Gasteiger partial charge on any atom is 0.237 e. The number of carbonyl (C=O) groups is 1. The Morgan fingerprint density at radius 1 is 1.73 bits per heavy atom. The second-order valence-corrected chi connectivity index (χ2v) is 4.45. The number of hydrogen-bond donors (Lipinski definition) is 1. The van der Waals surface area contributed by atoms with E-state index >= 15 is 0 Å². The molecule has 0 radical (unpaired) electrons. The van der Waals surface area contributed by atoms with Crippen molar-refractivity contribution in [2.75, 3.05) is 19.6 Å². The summed E-state index contributed by atoms with van der Waals surface area (Å²) in [6.07, 6.45) is 4.21. The van der Waals surface area contributed by atoms with E-state index in [1.807, 2.05) is 6.92 Å². The molecule has 3 heteroatoms. The molecule has 0 aliphatic carbocycles. The van der Waals surface area contributed by atoms with E-state index in [-0.39, 0.29) is 11.9 Å². The average molecular weight is 210 g/mol. The molecule has 1 aliphatic heterocycles. The molecule has 2 atom stereocenters. The Balaban J connectivity index is 2.40. The van der Waals surface area contributed by atoms with Crippen LogP contribution in [0, 0.1) is 5.92 Å². The van der Waals surface area contributed by atoms with E-state index in [9.17, 15) is 4.79 Å². The first-order valence-electron chi connectivity index (χ1n) is 5.77. The monoisotopic (exact) mass is 210 g/mol. The van der Waals surface area contributed by atoms with Gasteiger partial charge in [0, 0.05) is 13.1 Å². The Bertz CT molecular complexity index is 228. The van der Waals surface area contributed by atoms with Gasteiger partial charge < -0.3 is 5.32 Å². The van der Waals surface area contributed by atoms with Crippen LogP contribution in [0.5, 0.6) is 0 Å². The Morgan fingerprint density at radius 3 is 3.07 bits per heavy atom. The minimum absolute atomic E-state index is 0.00676. The van der Waals surface area contributed by atoms with Gasteiger partial charge >= 0.3 is 0 Å². The first-order valence-corrected chi connectivity index (χ1v) is 5.77. The number of piperidine rings is 1. The van der Waals surface area contributed by atoms with Crippen LogP contribution in [0.15, 0.2) is 12.7 Å². The van der Waals surface area contributed by atoms with Gasteiger partial charge in [0.15, 0.2) is 0 Å². The van der Waals surface area contributed by atoms with Crippen molar-refractivity contribution in [2.24, 2.45) is 5.92 Å². The highest BCUT2D eigenvalue weighted by Crippen LogP contribution is 2.17. The van der Waals surface area contributed by atoms with Crippen molar-refractivity contribution < 1.29 is 4.79 Å². The third-order valence-corrected chi connectivity index (χ3v) is 3.04. The molecular formula is C12H22N2O. The largest absolute Gasteiger partial charge is 0.351 e. The summed E-state index contributed by atoms with van der Waals surface area (Å²) in [6, 6.07) is -0.00676. The van der Waals surface area contributed by atoms with Crippen molar-refractivity contribution in [1.29, 1.82) is 0 Å². The van der Waals surface area contributed by atoms with Crippen molar-refractivity contribution in [2.45, 2.75) is 32.7 Å². The van der Waals surface area contributed by atoms with E-state index < -0.39 is 0 Å². The number of amides is 1. The zero-order valence-corrected chi connectivity index (χ0v) is 9.83. The quantitative estimate of drug-likeness (QED) is 0.712. The van der Waals surface area contributed by atoms with Crippen LogP contribution < -0.4 is 5.32 Å². The molecule has 0 unspecified atom stereocenters. The Hall–Kier alpha value is -0.830. The number of likely N-dealkylation sites (tertiary alicyclic amines) is 1. The molecule has 1 saturated heterocycles. The van der Waals surface area contributed by atoms with E-state index in [1.54, 1.807) is 6.08 Å². The molecule has 1 N–H and O–H groups in total. The first kappa shape index (κ1) is 12.2. The van der Waals surface area contributed by atoms with Gasteiger partial charge in [-0.05, 0) is 32.2 Å². The molecule has 1 fully saturated rings. The lowest BCUT2D eigenvalue weighted by molar-refractivity contribution is -0.126. The van der Waals surface area contributed by atoms with Gasteiger partial charge in [0.2, 0.25) is 5.91 Å². The number of nitrogens with zero attached hydrogens (tertiary/aromatic N) is 1. The average Bonchev–Trinajstić information content (AvgIpc) is 2.24. The number of hydrogen-bond acceptors (Lipinski definition) is 2. The maximum absolute atomic E-state index is 11.7. The molecular weight excluding hydrogens is 188 g/mol. The van der Waals surface area contributed by atoms with E-state index in [0.29, 0.717) is 12.5 Å². The first-order chi connectivity index (χ1) is 7.15. The zero-order valence-electron chi connectivity index (χ0n) is 9.83. The van der Waals surface area contributed by atoms with Gasteiger partial charge in [-0.25, -0.2) is 0 Å². The van der Waals surface area contributed by atoms with Crippen LogP contribution in [0.25, 0.3) is 0 Å². The highest BCUT2D eigenvalue weighted by molar-refractivity contribution is 5.81. The van der Waals surface area contributed by atoms with Crippen LogP contribution in [-0.2, 0) is 4.79 Å². The molecule has 1 rings (SSSR count). The molecule has 1 amide bonds. The van der Waals surface area contributed by atoms with Gasteiger partial charge in [0.1, 0.15) is 0 Å². The van der Waals surface area contributed by atoms with Crippen molar-refractivity contribution in [3.63, 3.8) is 0 Å². The molecule has 1 heterocycles. The second kappa shape index (κ2) is 5.91. The highest BCUT2D eigenvalue weighted by atomic mass is 16.2. The van der Waals surface area contributed by atoms with Gasteiger partial charge in [-0.2, -0.15) is 0 Å². The fourth-order valence-electron chi connectivity index (χ4n) is 2.06.